The van der Waals surface area contributed by atoms with E-state index >= 15 is 0 Å². The summed E-state index contributed by atoms with van der Waals surface area (Å²) in [5.41, 5.74) is 2.66. The molecule has 0 saturated heterocycles. The van der Waals surface area contributed by atoms with Gasteiger partial charge in [-0.15, -0.1) is 0 Å². The van der Waals surface area contributed by atoms with Gasteiger partial charge in [-0.25, -0.2) is 0 Å². The smallest absolute Gasteiger partial charge is 0.310 e. The third-order valence-corrected chi connectivity index (χ3v) is 3.87. The van der Waals surface area contributed by atoms with Crippen LogP contribution in [0.1, 0.15) is 31.2 Å². The highest BCUT2D eigenvalue weighted by molar-refractivity contribution is 6.30. The molecule has 0 aliphatic rings. The molecule has 0 spiro atoms. The lowest BCUT2D eigenvalue weighted by Crippen LogP contribution is -2.11. The fraction of sp³-hybridized carbons (Fsp3) is 0.278. The number of ether oxygens (including phenoxy) is 1. The molecule has 0 heterocycles. The lowest BCUT2D eigenvalue weighted by Gasteiger charge is -2.15. The molecular weight excluding hydrogens is 300 g/mol. The molecular formula is C18H19ClO3. The quantitative estimate of drug-likeness (QED) is 0.816. The number of rotatable bonds is 6. The standard InChI is InChI=1S/C18H19ClO3/c1-3-4-17(18(20)21)14-9-13(10-16(11-14)22-2)12-5-7-15(19)8-6-12/h5-11,17H,3-4H2,1-2H3,(H,20,21). The van der Waals surface area contributed by atoms with Gasteiger partial charge in [0.15, 0.2) is 0 Å². The van der Waals surface area contributed by atoms with E-state index in [2.05, 4.69) is 0 Å². The Balaban J connectivity index is 2.49. The van der Waals surface area contributed by atoms with Crippen molar-refractivity contribution in [3.05, 3.63) is 53.1 Å². The molecule has 4 heteroatoms. The lowest BCUT2D eigenvalue weighted by molar-refractivity contribution is -0.139. The van der Waals surface area contributed by atoms with Crippen LogP contribution in [0.4, 0.5) is 0 Å². The maximum Gasteiger partial charge on any atom is 0.310 e. The van der Waals surface area contributed by atoms with Crippen LogP contribution in [0.2, 0.25) is 5.02 Å². The number of benzene rings is 2. The van der Waals surface area contributed by atoms with E-state index in [4.69, 9.17) is 16.3 Å². The van der Waals surface area contributed by atoms with E-state index in [0.717, 1.165) is 23.1 Å². The fourth-order valence-electron chi connectivity index (χ4n) is 2.47. The summed E-state index contributed by atoms with van der Waals surface area (Å²) < 4.78 is 5.33. The lowest BCUT2D eigenvalue weighted by atomic mass is 9.91. The number of carbonyl (C=O) groups is 1. The zero-order chi connectivity index (χ0) is 16.1. The van der Waals surface area contributed by atoms with Crippen molar-refractivity contribution in [2.45, 2.75) is 25.7 Å². The average molecular weight is 319 g/mol. The monoisotopic (exact) mass is 318 g/mol. The molecule has 0 amide bonds. The molecule has 2 aromatic rings. The SMILES string of the molecule is CCCC(C(=O)O)c1cc(OC)cc(-c2ccc(Cl)cc2)c1. The van der Waals surface area contributed by atoms with Crippen molar-refractivity contribution in [3.63, 3.8) is 0 Å². The third kappa shape index (κ3) is 3.80. The maximum absolute atomic E-state index is 11.5. The van der Waals surface area contributed by atoms with Crippen molar-refractivity contribution >= 4 is 17.6 Å². The van der Waals surface area contributed by atoms with Crippen LogP contribution in [0.5, 0.6) is 5.75 Å². The molecule has 0 aliphatic heterocycles. The molecule has 3 nitrogen and oxygen atoms in total. The highest BCUT2D eigenvalue weighted by Crippen LogP contribution is 2.32. The second-order valence-corrected chi connectivity index (χ2v) is 5.62. The number of carboxylic acids is 1. The minimum Gasteiger partial charge on any atom is -0.497 e. The summed E-state index contributed by atoms with van der Waals surface area (Å²) >= 11 is 5.92. The Labute approximate surface area is 135 Å². The van der Waals surface area contributed by atoms with Crippen molar-refractivity contribution in [2.24, 2.45) is 0 Å². The predicted octanol–water partition coefficient (Wildman–Crippen LogP) is 4.98. The van der Waals surface area contributed by atoms with Crippen molar-refractivity contribution in [1.82, 2.24) is 0 Å². The predicted molar refractivity (Wildman–Crippen MR) is 88.7 cm³/mol. The summed E-state index contributed by atoms with van der Waals surface area (Å²) in [6.45, 7) is 1.98. The second kappa shape index (κ2) is 7.32. The average Bonchev–Trinajstić information content (AvgIpc) is 2.52. The van der Waals surface area contributed by atoms with Crippen LogP contribution in [0.3, 0.4) is 0 Å². The first-order valence-corrected chi connectivity index (χ1v) is 7.60. The summed E-state index contributed by atoms with van der Waals surface area (Å²) in [6.07, 6.45) is 1.41. The molecule has 0 radical (unpaired) electrons. The van der Waals surface area contributed by atoms with Gasteiger partial charge in [0.25, 0.3) is 0 Å². The Kier molecular flexibility index (Phi) is 5.45. The summed E-state index contributed by atoms with van der Waals surface area (Å²) in [4.78, 5) is 11.5. The fourth-order valence-corrected chi connectivity index (χ4v) is 2.60. The van der Waals surface area contributed by atoms with E-state index in [1.54, 1.807) is 13.2 Å². The first-order chi connectivity index (χ1) is 10.5. The van der Waals surface area contributed by atoms with Crippen LogP contribution in [-0.4, -0.2) is 18.2 Å². The largest absolute Gasteiger partial charge is 0.497 e. The zero-order valence-electron chi connectivity index (χ0n) is 12.7. The molecule has 1 N–H and O–H groups in total. The van der Waals surface area contributed by atoms with Crippen LogP contribution in [0, 0.1) is 0 Å². The molecule has 116 valence electrons. The van der Waals surface area contributed by atoms with Gasteiger partial charge in [0.1, 0.15) is 5.75 Å². The van der Waals surface area contributed by atoms with Crippen LogP contribution < -0.4 is 4.74 Å². The van der Waals surface area contributed by atoms with E-state index in [1.165, 1.54) is 0 Å². The molecule has 1 unspecified atom stereocenters. The molecule has 1 atom stereocenters. The molecule has 0 aliphatic carbocycles. The van der Waals surface area contributed by atoms with E-state index in [-0.39, 0.29) is 0 Å². The normalized spacial score (nSPS) is 12.0. The van der Waals surface area contributed by atoms with Crippen LogP contribution in [0.15, 0.2) is 42.5 Å². The number of carboxylic acid groups (broad SMARTS) is 1. The van der Waals surface area contributed by atoms with Gasteiger partial charge in [0.2, 0.25) is 0 Å². The molecule has 0 bridgehead atoms. The number of halogens is 1. The summed E-state index contributed by atoms with van der Waals surface area (Å²) in [6, 6.07) is 13.1. The van der Waals surface area contributed by atoms with Gasteiger partial charge >= 0.3 is 5.97 Å². The second-order valence-electron chi connectivity index (χ2n) is 5.18. The van der Waals surface area contributed by atoms with Gasteiger partial charge in [-0.05, 0) is 47.4 Å². The molecule has 0 saturated carbocycles. The summed E-state index contributed by atoms with van der Waals surface area (Å²) in [5, 5.41) is 10.1. The Morgan fingerprint density at radius 3 is 2.41 bits per heavy atom. The Bertz CT molecular complexity index is 650. The maximum atomic E-state index is 11.5. The van der Waals surface area contributed by atoms with E-state index in [9.17, 15) is 9.90 Å². The summed E-state index contributed by atoms with van der Waals surface area (Å²) in [7, 11) is 1.58. The summed E-state index contributed by atoms with van der Waals surface area (Å²) in [5.74, 6) is -0.673. The van der Waals surface area contributed by atoms with Crippen molar-refractivity contribution in [2.75, 3.05) is 7.11 Å². The molecule has 2 aromatic carbocycles. The molecule has 0 fully saturated rings. The van der Waals surface area contributed by atoms with Crippen molar-refractivity contribution in [1.29, 1.82) is 0 Å². The Hall–Kier alpha value is -2.00. The van der Waals surface area contributed by atoms with Crippen molar-refractivity contribution in [3.8, 4) is 16.9 Å². The number of hydrogen-bond acceptors (Lipinski definition) is 2. The first-order valence-electron chi connectivity index (χ1n) is 7.23. The topological polar surface area (TPSA) is 46.5 Å². The van der Waals surface area contributed by atoms with Crippen LogP contribution in [0.25, 0.3) is 11.1 Å². The number of methoxy groups -OCH3 is 1. The number of aliphatic carboxylic acids is 1. The molecule has 22 heavy (non-hydrogen) atoms. The van der Waals surface area contributed by atoms with Gasteiger partial charge in [-0.2, -0.15) is 0 Å². The first kappa shape index (κ1) is 16.4. The highest BCUT2D eigenvalue weighted by Gasteiger charge is 2.20. The van der Waals surface area contributed by atoms with Gasteiger partial charge in [0.05, 0.1) is 13.0 Å². The van der Waals surface area contributed by atoms with E-state index in [0.29, 0.717) is 17.2 Å². The number of hydrogen-bond donors (Lipinski definition) is 1. The minimum absolute atomic E-state index is 0.522. The van der Waals surface area contributed by atoms with Gasteiger partial charge in [0, 0.05) is 5.02 Å². The van der Waals surface area contributed by atoms with Gasteiger partial charge in [-0.3, -0.25) is 4.79 Å². The van der Waals surface area contributed by atoms with Crippen LogP contribution >= 0.6 is 11.6 Å². The van der Waals surface area contributed by atoms with Gasteiger partial charge in [-0.1, -0.05) is 43.1 Å². The van der Waals surface area contributed by atoms with E-state index < -0.39 is 11.9 Å². The molecule has 0 aromatic heterocycles. The minimum atomic E-state index is -0.808. The Morgan fingerprint density at radius 1 is 1.18 bits per heavy atom. The van der Waals surface area contributed by atoms with Gasteiger partial charge < -0.3 is 9.84 Å². The third-order valence-electron chi connectivity index (χ3n) is 3.62. The molecule has 2 rings (SSSR count). The van der Waals surface area contributed by atoms with E-state index in [1.807, 2.05) is 43.3 Å². The highest BCUT2D eigenvalue weighted by atomic mass is 35.5. The van der Waals surface area contributed by atoms with Crippen LogP contribution in [-0.2, 0) is 4.79 Å². The Morgan fingerprint density at radius 2 is 1.86 bits per heavy atom. The zero-order valence-corrected chi connectivity index (χ0v) is 13.4. The van der Waals surface area contributed by atoms with Crippen molar-refractivity contribution < 1.29 is 14.6 Å².